The summed E-state index contributed by atoms with van der Waals surface area (Å²) in [6.07, 6.45) is 0.189. The molecular formula is C35H37Cl2N3O4S. The van der Waals surface area contributed by atoms with Gasteiger partial charge in [-0.15, -0.1) is 0 Å². The standard InChI is InChI=1S/C35H37Cl2N3O4S/c1-5-38-35(42)33(21-27-10-7-6-8-11-27)39(22-29-30(36)12-9-13-31(29)37)34(41)23-40(32-20-25(3)14-17-26(32)4)45(43,44)28-18-15-24(2)16-19-28/h6-20,33H,5,21-23H2,1-4H3,(H,38,42)/t33-/m1/s1. The van der Waals surface area contributed by atoms with Crippen molar-refractivity contribution >= 4 is 50.7 Å². The van der Waals surface area contributed by atoms with Crippen LogP contribution in [0.5, 0.6) is 0 Å². The summed E-state index contributed by atoms with van der Waals surface area (Å²) >= 11 is 13.1. The molecular weight excluding hydrogens is 629 g/mol. The first kappa shape index (κ1) is 34.0. The molecule has 4 aromatic carbocycles. The fraction of sp³-hybridized carbons (Fsp3) is 0.257. The van der Waals surface area contributed by atoms with Gasteiger partial charge in [0.25, 0.3) is 10.0 Å². The molecule has 4 rings (SSSR count). The number of likely N-dealkylation sites (N-methyl/N-ethyl adjacent to an activating group) is 1. The number of carbonyl (C=O) groups is 2. The molecule has 0 fully saturated rings. The Morgan fingerprint density at radius 1 is 0.822 bits per heavy atom. The summed E-state index contributed by atoms with van der Waals surface area (Å²) in [5, 5.41) is 3.50. The second-order valence-corrected chi connectivity index (χ2v) is 13.6. The number of rotatable bonds is 12. The van der Waals surface area contributed by atoms with Crippen molar-refractivity contribution in [2.24, 2.45) is 0 Å². The van der Waals surface area contributed by atoms with Crippen molar-refractivity contribution in [1.82, 2.24) is 10.2 Å². The number of aryl methyl sites for hydroxylation is 3. The van der Waals surface area contributed by atoms with E-state index >= 15 is 0 Å². The van der Waals surface area contributed by atoms with Crippen LogP contribution in [0.3, 0.4) is 0 Å². The van der Waals surface area contributed by atoms with E-state index in [1.807, 2.05) is 56.3 Å². The van der Waals surface area contributed by atoms with Gasteiger partial charge < -0.3 is 10.2 Å². The van der Waals surface area contributed by atoms with E-state index < -0.39 is 28.5 Å². The maximum absolute atomic E-state index is 14.6. The molecule has 236 valence electrons. The van der Waals surface area contributed by atoms with E-state index in [-0.39, 0.29) is 23.8 Å². The molecule has 1 atom stereocenters. The first-order valence-corrected chi connectivity index (χ1v) is 16.8. The maximum Gasteiger partial charge on any atom is 0.264 e. The molecule has 0 heterocycles. The number of carbonyl (C=O) groups excluding carboxylic acids is 2. The van der Waals surface area contributed by atoms with Crippen molar-refractivity contribution in [2.75, 3.05) is 17.4 Å². The van der Waals surface area contributed by atoms with Gasteiger partial charge in [0, 0.05) is 35.1 Å². The van der Waals surface area contributed by atoms with Crippen LogP contribution in [0.15, 0.2) is 95.9 Å². The van der Waals surface area contributed by atoms with Crippen molar-refractivity contribution in [3.8, 4) is 0 Å². The smallest absolute Gasteiger partial charge is 0.264 e. The Kier molecular flexibility index (Phi) is 11.3. The largest absolute Gasteiger partial charge is 0.355 e. The van der Waals surface area contributed by atoms with Gasteiger partial charge in [-0.25, -0.2) is 8.42 Å². The van der Waals surface area contributed by atoms with Crippen LogP contribution in [0.1, 0.15) is 34.7 Å². The molecule has 0 aliphatic heterocycles. The highest BCUT2D eigenvalue weighted by atomic mass is 35.5. The van der Waals surface area contributed by atoms with Gasteiger partial charge in [0.2, 0.25) is 11.8 Å². The first-order chi connectivity index (χ1) is 21.4. The zero-order chi connectivity index (χ0) is 32.7. The molecule has 0 aliphatic rings. The van der Waals surface area contributed by atoms with Crippen LogP contribution < -0.4 is 9.62 Å². The zero-order valence-corrected chi connectivity index (χ0v) is 28.1. The Labute approximate surface area is 275 Å². The second kappa shape index (κ2) is 15.0. The molecule has 10 heteroatoms. The third kappa shape index (κ3) is 8.25. The zero-order valence-electron chi connectivity index (χ0n) is 25.8. The lowest BCUT2D eigenvalue weighted by Gasteiger charge is -2.34. The molecule has 0 aromatic heterocycles. The molecule has 0 radical (unpaired) electrons. The quantitative estimate of drug-likeness (QED) is 0.179. The van der Waals surface area contributed by atoms with Gasteiger partial charge in [0.1, 0.15) is 12.6 Å². The summed E-state index contributed by atoms with van der Waals surface area (Å²) in [7, 11) is -4.21. The molecule has 4 aromatic rings. The summed E-state index contributed by atoms with van der Waals surface area (Å²) in [6, 6.07) is 25.3. The van der Waals surface area contributed by atoms with Crippen LogP contribution in [0, 0.1) is 20.8 Å². The molecule has 0 unspecified atom stereocenters. The normalized spacial score (nSPS) is 12.0. The minimum atomic E-state index is -4.21. The van der Waals surface area contributed by atoms with Crippen LogP contribution in [-0.2, 0) is 32.6 Å². The predicted molar refractivity (Wildman–Crippen MR) is 181 cm³/mol. The summed E-state index contributed by atoms with van der Waals surface area (Å²) in [5.74, 6) is -0.965. The van der Waals surface area contributed by atoms with Gasteiger partial charge >= 0.3 is 0 Å². The van der Waals surface area contributed by atoms with Crippen LogP contribution >= 0.6 is 23.2 Å². The van der Waals surface area contributed by atoms with Crippen molar-refractivity contribution in [2.45, 2.75) is 51.6 Å². The third-order valence-corrected chi connectivity index (χ3v) is 10.0. The van der Waals surface area contributed by atoms with Crippen molar-refractivity contribution in [1.29, 1.82) is 0 Å². The Morgan fingerprint density at radius 2 is 1.44 bits per heavy atom. The van der Waals surface area contributed by atoms with Gasteiger partial charge in [-0.1, -0.05) is 89.4 Å². The van der Waals surface area contributed by atoms with Crippen LogP contribution in [0.2, 0.25) is 10.0 Å². The van der Waals surface area contributed by atoms with E-state index in [1.54, 1.807) is 50.2 Å². The SMILES string of the molecule is CCNC(=O)[C@@H](Cc1ccccc1)N(Cc1c(Cl)cccc1Cl)C(=O)CN(c1cc(C)ccc1C)S(=O)(=O)c1ccc(C)cc1. The molecule has 2 amide bonds. The number of halogens is 2. The molecule has 0 saturated heterocycles. The third-order valence-electron chi connectivity index (χ3n) is 7.53. The first-order valence-electron chi connectivity index (χ1n) is 14.6. The van der Waals surface area contributed by atoms with Gasteiger partial charge in [-0.05, 0) is 74.7 Å². The van der Waals surface area contributed by atoms with E-state index in [2.05, 4.69) is 5.32 Å². The van der Waals surface area contributed by atoms with Crippen LogP contribution in [-0.4, -0.2) is 44.3 Å². The Balaban J connectivity index is 1.86. The average Bonchev–Trinajstić information content (AvgIpc) is 3.01. The monoisotopic (exact) mass is 665 g/mol. The Bertz CT molecular complexity index is 1740. The lowest BCUT2D eigenvalue weighted by atomic mass is 10.0. The number of anilines is 1. The van der Waals surface area contributed by atoms with Crippen molar-refractivity contribution in [3.05, 3.63) is 129 Å². The van der Waals surface area contributed by atoms with E-state index in [9.17, 15) is 18.0 Å². The van der Waals surface area contributed by atoms with Crippen molar-refractivity contribution in [3.63, 3.8) is 0 Å². The van der Waals surface area contributed by atoms with Gasteiger partial charge in [0.05, 0.1) is 10.6 Å². The summed E-state index contributed by atoms with van der Waals surface area (Å²) in [5.41, 5.74) is 4.06. The minimum absolute atomic E-state index is 0.0482. The summed E-state index contributed by atoms with van der Waals surface area (Å²) < 4.78 is 29.7. The summed E-state index contributed by atoms with van der Waals surface area (Å²) in [4.78, 5) is 29.7. The number of sulfonamides is 1. The second-order valence-electron chi connectivity index (χ2n) is 10.9. The highest BCUT2D eigenvalue weighted by Crippen LogP contribution is 2.31. The fourth-order valence-electron chi connectivity index (χ4n) is 5.04. The topological polar surface area (TPSA) is 86.8 Å². The average molecular weight is 667 g/mol. The van der Waals surface area contributed by atoms with Crippen molar-refractivity contribution < 1.29 is 18.0 Å². The summed E-state index contributed by atoms with van der Waals surface area (Å²) in [6.45, 7) is 6.99. The van der Waals surface area contributed by atoms with Crippen LogP contribution in [0.4, 0.5) is 5.69 Å². The predicted octanol–water partition coefficient (Wildman–Crippen LogP) is 6.89. The molecule has 0 bridgehead atoms. The molecule has 0 aliphatic carbocycles. The fourth-order valence-corrected chi connectivity index (χ4v) is 7.03. The highest BCUT2D eigenvalue weighted by Gasteiger charge is 2.35. The molecule has 7 nitrogen and oxygen atoms in total. The van der Waals surface area contributed by atoms with E-state index in [0.717, 1.165) is 21.0 Å². The number of nitrogens with one attached hydrogen (secondary N) is 1. The number of amides is 2. The number of hydrogen-bond acceptors (Lipinski definition) is 4. The lowest BCUT2D eigenvalue weighted by molar-refractivity contribution is -0.140. The minimum Gasteiger partial charge on any atom is -0.355 e. The number of benzene rings is 4. The Hall–Kier alpha value is -3.85. The Morgan fingerprint density at radius 3 is 2.07 bits per heavy atom. The molecule has 1 N–H and O–H groups in total. The van der Waals surface area contributed by atoms with Gasteiger partial charge in [-0.2, -0.15) is 0 Å². The van der Waals surface area contributed by atoms with E-state index in [4.69, 9.17) is 23.2 Å². The van der Waals surface area contributed by atoms with Crippen LogP contribution in [0.25, 0.3) is 0 Å². The van der Waals surface area contributed by atoms with E-state index in [1.165, 1.54) is 17.0 Å². The van der Waals surface area contributed by atoms with E-state index in [0.29, 0.717) is 33.4 Å². The molecule has 45 heavy (non-hydrogen) atoms. The number of hydrogen-bond donors (Lipinski definition) is 1. The lowest BCUT2D eigenvalue weighted by Crippen LogP contribution is -2.53. The molecule has 0 saturated carbocycles. The van der Waals surface area contributed by atoms with Gasteiger partial charge in [-0.3, -0.25) is 13.9 Å². The molecule has 0 spiro atoms. The number of nitrogens with zero attached hydrogens (tertiary/aromatic N) is 2. The van der Waals surface area contributed by atoms with Gasteiger partial charge in [0.15, 0.2) is 0 Å². The highest BCUT2D eigenvalue weighted by molar-refractivity contribution is 7.92. The maximum atomic E-state index is 14.6.